The number of rotatable bonds is 8. The number of carbonyl (C=O) groups excluding carboxylic acids is 3. The lowest BCUT2D eigenvalue weighted by atomic mass is 10.1. The Bertz CT molecular complexity index is 700. The maximum absolute atomic E-state index is 13.0. The van der Waals surface area contributed by atoms with E-state index in [4.69, 9.17) is 9.26 Å². The predicted molar refractivity (Wildman–Crippen MR) is 90.3 cm³/mol. The molecule has 2 amide bonds. The van der Waals surface area contributed by atoms with Gasteiger partial charge in [0.05, 0.1) is 24.3 Å². The number of benzene rings is 1. The summed E-state index contributed by atoms with van der Waals surface area (Å²) in [4.78, 5) is 37.5. The third-order valence-electron chi connectivity index (χ3n) is 3.57. The summed E-state index contributed by atoms with van der Waals surface area (Å²) in [5.74, 6) is -1.66. The molecule has 0 radical (unpaired) electrons. The molecular formula is C16H21N2O6P. The Labute approximate surface area is 146 Å². The van der Waals surface area contributed by atoms with Crippen molar-refractivity contribution in [3.05, 3.63) is 35.4 Å². The van der Waals surface area contributed by atoms with Gasteiger partial charge in [-0.25, -0.2) is 5.09 Å². The maximum Gasteiger partial charge on any atom is 0.323 e. The number of nitrogens with one attached hydrogen (secondary N) is 1. The second kappa shape index (κ2) is 7.91. The molecule has 2 unspecified atom stereocenters. The highest BCUT2D eigenvalue weighted by atomic mass is 31.2. The number of hydrogen-bond donors (Lipinski definition) is 1. The molecule has 0 aromatic heterocycles. The van der Waals surface area contributed by atoms with Gasteiger partial charge in [0.15, 0.2) is 0 Å². The normalized spacial score (nSPS) is 17.2. The lowest BCUT2D eigenvalue weighted by Crippen LogP contribution is -2.39. The fourth-order valence-corrected chi connectivity index (χ4v) is 4.48. The van der Waals surface area contributed by atoms with Gasteiger partial charge in [-0.1, -0.05) is 12.1 Å². The van der Waals surface area contributed by atoms with E-state index in [2.05, 4.69) is 5.09 Å². The molecule has 0 spiro atoms. The van der Waals surface area contributed by atoms with Crippen LogP contribution in [-0.2, 0) is 18.6 Å². The Kier molecular flexibility index (Phi) is 6.11. The van der Waals surface area contributed by atoms with E-state index in [9.17, 15) is 18.9 Å². The average Bonchev–Trinajstić information content (AvgIpc) is 2.80. The second-order valence-corrected chi connectivity index (χ2v) is 7.57. The van der Waals surface area contributed by atoms with Crippen LogP contribution >= 0.6 is 7.52 Å². The van der Waals surface area contributed by atoms with Crippen molar-refractivity contribution < 1.29 is 28.2 Å². The monoisotopic (exact) mass is 368 g/mol. The largest absolute Gasteiger partial charge is 0.465 e. The minimum Gasteiger partial charge on any atom is -0.465 e. The van der Waals surface area contributed by atoms with Crippen LogP contribution in [0.4, 0.5) is 0 Å². The molecule has 0 saturated carbocycles. The fourth-order valence-electron chi connectivity index (χ4n) is 2.50. The summed E-state index contributed by atoms with van der Waals surface area (Å²) in [7, 11) is -3.67. The Morgan fingerprint density at radius 1 is 1.16 bits per heavy atom. The number of carbonyl (C=O) groups is 3. The standard InChI is InChI=1S/C16H21N2O6P/c1-4-23-16(21)11(3)17-25(22,24-5-2)10-18-14(19)12-8-6-7-9-13(12)15(18)20/h6-9,11H,4-5,10H2,1-3H3,(H,17,22). The summed E-state index contributed by atoms with van der Waals surface area (Å²) >= 11 is 0. The third-order valence-corrected chi connectivity index (χ3v) is 5.69. The number of esters is 1. The summed E-state index contributed by atoms with van der Waals surface area (Å²) < 4.78 is 23.2. The molecule has 2 atom stereocenters. The first-order chi connectivity index (χ1) is 11.8. The van der Waals surface area contributed by atoms with E-state index in [1.54, 1.807) is 26.0 Å². The highest BCUT2D eigenvalue weighted by molar-refractivity contribution is 7.56. The molecule has 1 aliphatic heterocycles. The van der Waals surface area contributed by atoms with Gasteiger partial charge in [-0.2, -0.15) is 0 Å². The molecule has 25 heavy (non-hydrogen) atoms. The van der Waals surface area contributed by atoms with Gasteiger partial charge in [-0.15, -0.1) is 0 Å². The van der Waals surface area contributed by atoms with Crippen LogP contribution in [0.3, 0.4) is 0 Å². The van der Waals surface area contributed by atoms with Gasteiger partial charge in [0.25, 0.3) is 19.3 Å². The zero-order valence-electron chi connectivity index (χ0n) is 14.4. The lowest BCUT2D eigenvalue weighted by Gasteiger charge is -2.25. The highest BCUT2D eigenvalue weighted by Crippen LogP contribution is 2.45. The number of ether oxygens (including phenoxy) is 1. The number of hydrogen-bond acceptors (Lipinski definition) is 6. The minimum absolute atomic E-state index is 0.0863. The zero-order chi connectivity index (χ0) is 18.6. The molecule has 1 aliphatic rings. The molecule has 1 aromatic rings. The molecule has 9 heteroatoms. The van der Waals surface area contributed by atoms with E-state index in [0.29, 0.717) is 0 Å². The molecule has 0 aliphatic carbocycles. The molecule has 2 rings (SSSR count). The van der Waals surface area contributed by atoms with E-state index in [1.165, 1.54) is 19.1 Å². The Morgan fingerprint density at radius 3 is 2.20 bits per heavy atom. The number of amides is 2. The van der Waals surface area contributed by atoms with Crippen molar-refractivity contribution in [2.24, 2.45) is 0 Å². The molecule has 136 valence electrons. The first-order valence-corrected chi connectivity index (χ1v) is 9.77. The Hall–Kier alpha value is -2.02. The van der Waals surface area contributed by atoms with Gasteiger partial charge in [-0.05, 0) is 32.9 Å². The van der Waals surface area contributed by atoms with Crippen LogP contribution < -0.4 is 5.09 Å². The molecule has 1 N–H and O–H groups in total. The van der Waals surface area contributed by atoms with Crippen molar-refractivity contribution in [3.8, 4) is 0 Å². The smallest absolute Gasteiger partial charge is 0.323 e. The molecular weight excluding hydrogens is 347 g/mol. The summed E-state index contributed by atoms with van der Waals surface area (Å²) in [6.45, 7) is 5.04. The van der Waals surface area contributed by atoms with Gasteiger partial charge in [-0.3, -0.25) is 23.8 Å². The first-order valence-electron chi connectivity index (χ1n) is 7.96. The van der Waals surface area contributed by atoms with Gasteiger partial charge >= 0.3 is 5.97 Å². The number of fused-ring (bicyclic) bond motifs is 1. The summed E-state index contributed by atoms with van der Waals surface area (Å²) in [5.41, 5.74) is 0.517. The quantitative estimate of drug-likeness (QED) is 0.425. The van der Waals surface area contributed by atoms with E-state index < -0.39 is 37.6 Å². The average molecular weight is 368 g/mol. The minimum atomic E-state index is -3.67. The van der Waals surface area contributed by atoms with Crippen LogP contribution in [0.25, 0.3) is 0 Å². The molecule has 0 fully saturated rings. The molecule has 0 saturated heterocycles. The third kappa shape index (κ3) is 4.15. The van der Waals surface area contributed by atoms with E-state index in [1.807, 2.05) is 0 Å². The van der Waals surface area contributed by atoms with Gasteiger partial charge in [0.2, 0.25) is 0 Å². The zero-order valence-corrected chi connectivity index (χ0v) is 15.2. The van der Waals surface area contributed by atoms with Crippen LogP contribution in [0.1, 0.15) is 41.5 Å². The van der Waals surface area contributed by atoms with Gasteiger partial charge in [0.1, 0.15) is 12.3 Å². The van der Waals surface area contributed by atoms with Crippen molar-refractivity contribution in [3.63, 3.8) is 0 Å². The SMILES string of the molecule is CCOC(=O)C(C)NP(=O)(CN1C(=O)c2ccccc2C1=O)OCC. The molecule has 8 nitrogen and oxygen atoms in total. The lowest BCUT2D eigenvalue weighted by molar-refractivity contribution is -0.144. The number of nitrogens with zero attached hydrogens (tertiary/aromatic N) is 1. The van der Waals surface area contributed by atoms with Crippen LogP contribution in [-0.4, -0.2) is 48.2 Å². The first kappa shape index (κ1) is 19.3. The number of imide groups is 1. The van der Waals surface area contributed by atoms with E-state index in [0.717, 1.165) is 4.90 Å². The molecule has 0 bridgehead atoms. The van der Waals surface area contributed by atoms with Crippen molar-refractivity contribution in [1.82, 2.24) is 9.99 Å². The van der Waals surface area contributed by atoms with Crippen LogP contribution in [0.15, 0.2) is 24.3 Å². The second-order valence-electron chi connectivity index (χ2n) is 5.42. The van der Waals surface area contributed by atoms with Gasteiger partial charge < -0.3 is 9.26 Å². The van der Waals surface area contributed by atoms with Crippen LogP contribution in [0.5, 0.6) is 0 Å². The molecule has 1 aromatic carbocycles. The summed E-state index contributed by atoms with van der Waals surface area (Å²) in [6, 6.07) is 5.46. The van der Waals surface area contributed by atoms with E-state index in [-0.39, 0.29) is 24.3 Å². The maximum atomic E-state index is 13.0. The van der Waals surface area contributed by atoms with E-state index >= 15 is 0 Å². The van der Waals surface area contributed by atoms with Crippen molar-refractivity contribution in [2.45, 2.75) is 26.8 Å². The van der Waals surface area contributed by atoms with Crippen LogP contribution in [0.2, 0.25) is 0 Å². The predicted octanol–water partition coefficient (Wildman–Crippen LogP) is 2.01. The van der Waals surface area contributed by atoms with Gasteiger partial charge in [0, 0.05) is 0 Å². The highest BCUT2D eigenvalue weighted by Gasteiger charge is 2.41. The van der Waals surface area contributed by atoms with Crippen molar-refractivity contribution in [1.29, 1.82) is 0 Å². The molecule has 1 heterocycles. The van der Waals surface area contributed by atoms with Crippen molar-refractivity contribution >= 4 is 25.3 Å². The summed E-state index contributed by atoms with van der Waals surface area (Å²) in [5, 5.41) is 2.59. The topological polar surface area (TPSA) is 102 Å². The Morgan fingerprint density at radius 2 is 1.72 bits per heavy atom. The fraction of sp³-hybridized carbons (Fsp3) is 0.438. The Balaban J connectivity index is 2.19. The summed E-state index contributed by atoms with van der Waals surface area (Å²) in [6.07, 6.45) is -0.461. The van der Waals surface area contributed by atoms with Crippen LogP contribution in [0, 0.1) is 0 Å². The van der Waals surface area contributed by atoms with Crippen molar-refractivity contribution in [2.75, 3.05) is 19.5 Å².